The fraction of sp³-hybridized carbons (Fsp3) is 1.00. The van der Waals surface area contributed by atoms with Gasteiger partial charge in [-0.05, 0) is 18.2 Å². The van der Waals surface area contributed by atoms with E-state index in [9.17, 15) is 0 Å². The molecule has 1 N–H and O–H groups in total. The van der Waals surface area contributed by atoms with Gasteiger partial charge in [0.25, 0.3) is 0 Å². The Labute approximate surface area is 61.6 Å². The molecule has 0 aromatic rings. The Morgan fingerprint density at radius 3 is 3.33 bits per heavy atom. The molecule has 0 bridgehead atoms. The summed E-state index contributed by atoms with van der Waals surface area (Å²) in [6.07, 6.45) is 1.33. The van der Waals surface area contributed by atoms with E-state index in [1.807, 2.05) is 0 Å². The zero-order valence-corrected chi connectivity index (χ0v) is 6.84. The van der Waals surface area contributed by atoms with Gasteiger partial charge in [-0.1, -0.05) is 13.3 Å². The summed E-state index contributed by atoms with van der Waals surface area (Å²) < 4.78 is 0. The van der Waals surface area contributed by atoms with Gasteiger partial charge in [-0.2, -0.15) is 11.8 Å². The highest BCUT2D eigenvalue weighted by atomic mass is 32.2. The van der Waals surface area contributed by atoms with Gasteiger partial charge in [0.2, 0.25) is 0 Å². The van der Waals surface area contributed by atoms with Crippen LogP contribution in [0.2, 0.25) is 0 Å². The van der Waals surface area contributed by atoms with Crippen molar-refractivity contribution in [3.8, 4) is 0 Å². The lowest BCUT2D eigenvalue weighted by atomic mass is 10.1. The molecule has 1 unspecified atom stereocenters. The number of nitrogens with one attached hydrogen (secondary N) is 1. The van der Waals surface area contributed by atoms with Gasteiger partial charge in [-0.15, -0.1) is 0 Å². The van der Waals surface area contributed by atoms with Gasteiger partial charge in [0.05, 0.1) is 0 Å². The van der Waals surface area contributed by atoms with Crippen LogP contribution in [0.4, 0.5) is 0 Å². The van der Waals surface area contributed by atoms with Gasteiger partial charge in [0, 0.05) is 12.3 Å². The Balaban J connectivity index is 2.18. The second-order valence-corrected chi connectivity index (χ2v) is 3.70. The van der Waals surface area contributed by atoms with Crippen LogP contribution in [-0.4, -0.2) is 24.6 Å². The molecule has 0 aromatic carbocycles. The topological polar surface area (TPSA) is 12.0 Å². The molecule has 2 heteroatoms. The average molecular weight is 145 g/mol. The van der Waals surface area contributed by atoms with Crippen LogP contribution in [-0.2, 0) is 0 Å². The number of thioether (sulfide) groups is 1. The molecule has 54 valence electrons. The largest absolute Gasteiger partial charge is 0.316 e. The normalized spacial score (nSPS) is 29.7. The first-order chi connectivity index (χ1) is 4.43. The van der Waals surface area contributed by atoms with Crippen LogP contribution in [0.1, 0.15) is 13.3 Å². The highest BCUT2D eigenvalue weighted by molar-refractivity contribution is 7.99. The Hall–Kier alpha value is 0.310. The maximum atomic E-state index is 3.43. The highest BCUT2D eigenvalue weighted by Crippen LogP contribution is 2.12. The standard InChI is InChI=1S/C7H15NS/c1-2-7-5-8-3-4-9-6-7/h7-8H,2-6H2,1H3. The minimum Gasteiger partial charge on any atom is -0.316 e. The fourth-order valence-electron chi connectivity index (χ4n) is 1.02. The molecular formula is C7H15NS. The van der Waals surface area contributed by atoms with Crippen molar-refractivity contribution < 1.29 is 0 Å². The van der Waals surface area contributed by atoms with Crippen LogP contribution in [0.3, 0.4) is 0 Å². The molecule has 0 aromatic heterocycles. The average Bonchev–Trinajstić information content (AvgIpc) is 2.13. The van der Waals surface area contributed by atoms with Crippen molar-refractivity contribution in [1.29, 1.82) is 0 Å². The van der Waals surface area contributed by atoms with Crippen LogP contribution in [0.25, 0.3) is 0 Å². The molecule has 1 atom stereocenters. The molecule has 1 rings (SSSR count). The predicted octanol–water partition coefficient (Wildman–Crippen LogP) is 1.35. The highest BCUT2D eigenvalue weighted by Gasteiger charge is 2.08. The smallest absolute Gasteiger partial charge is 0.00582 e. The molecule has 1 nitrogen and oxygen atoms in total. The van der Waals surface area contributed by atoms with E-state index in [-0.39, 0.29) is 0 Å². The van der Waals surface area contributed by atoms with Gasteiger partial charge in [-0.25, -0.2) is 0 Å². The molecule has 1 aliphatic heterocycles. The van der Waals surface area contributed by atoms with Crippen molar-refractivity contribution in [3.05, 3.63) is 0 Å². The molecule has 0 saturated carbocycles. The van der Waals surface area contributed by atoms with Gasteiger partial charge in [-0.3, -0.25) is 0 Å². The van der Waals surface area contributed by atoms with Gasteiger partial charge in [0.15, 0.2) is 0 Å². The van der Waals surface area contributed by atoms with Crippen molar-refractivity contribution >= 4 is 11.8 Å². The Kier molecular flexibility index (Phi) is 3.44. The summed E-state index contributed by atoms with van der Waals surface area (Å²) in [4.78, 5) is 0. The molecule has 1 fully saturated rings. The Bertz CT molecular complexity index is 67.3. The SMILES string of the molecule is CCC1CNCCSC1. The van der Waals surface area contributed by atoms with Crippen LogP contribution in [0.5, 0.6) is 0 Å². The van der Waals surface area contributed by atoms with Crippen molar-refractivity contribution in [1.82, 2.24) is 5.32 Å². The molecule has 0 radical (unpaired) electrons. The lowest BCUT2D eigenvalue weighted by molar-refractivity contribution is 0.527. The second-order valence-electron chi connectivity index (χ2n) is 2.55. The van der Waals surface area contributed by atoms with Crippen molar-refractivity contribution in [2.75, 3.05) is 24.6 Å². The molecule has 0 aliphatic carbocycles. The van der Waals surface area contributed by atoms with E-state index < -0.39 is 0 Å². The number of hydrogen-bond donors (Lipinski definition) is 1. The first kappa shape index (κ1) is 7.42. The first-order valence-corrected chi connectivity index (χ1v) is 4.87. The lowest BCUT2D eigenvalue weighted by Gasteiger charge is -2.08. The van der Waals surface area contributed by atoms with E-state index in [1.54, 1.807) is 0 Å². The summed E-state index contributed by atoms with van der Waals surface area (Å²) in [5.41, 5.74) is 0. The summed E-state index contributed by atoms with van der Waals surface area (Å²) in [5.74, 6) is 3.59. The van der Waals surface area contributed by atoms with Gasteiger partial charge in [0.1, 0.15) is 0 Å². The summed E-state index contributed by atoms with van der Waals surface area (Å²) >= 11 is 2.09. The van der Waals surface area contributed by atoms with E-state index >= 15 is 0 Å². The third kappa shape index (κ3) is 2.59. The van der Waals surface area contributed by atoms with Gasteiger partial charge >= 0.3 is 0 Å². The zero-order chi connectivity index (χ0) is 6.53. The molecular weight excluding hydrogens is 130 g/mol. The Morgan fingerprint density at radius 2 is 2.56 bits per heavy atom. The third-order valence-corrected chi connectivity index (χ3v) is 2.99. The summed E-state index contributed by atoms with van der Waals surface area (Å²) in [6.45, 7) is 4.73. The molecule has 1 heterocycles. The summed E-state index contributed by atoms with van der Waals surface area (Å²) in [5, 5.41) is 3.43. The first-order valence-electron chi connectivity index (χ1n) is 3.72. The third-order valence-electron chi connectivity index (χ3n) is 1.79. The summed E-state index contributed by atoms with van der Waals surface area (Å²) in [6, 6.07) is 0. The second kappa shape index (κ2) is 4.18. The van der Waals surface area contributed by atoms with Gasteiger partial charge < -0.3 is 5.32 Å². The molecule has 1 aliphatic rings. The number of hydrogen-bond acceptors (Lipinski definition) is 2. The predicted molar refractivity (Wildman–Crippen MR) is 44.0 cm³/mol. The van der Waals surface area contributed by atoms with E-state index in [1.165, 1.54) is 31.0 Å². The van der Waals surface area contributed by atoms with E-state index in [0.29, 0.717) is 0 Å². The Morgan fingerprint density at radius 1 is 1.67 bits per heavy atom. The minimum absolute atomic E-state index is 0.928. The zero-order valence-electron chi connectivity index (χ0n) is 6.02. The maximum absolute atomic E-state index is 3.43. The van der Waals surface area contributed by atoms with E-state index in [0.717, 1.165) is 5.92 Å². The molecule has 0 spiro atoms. The number of rotatable bonds is 1. The van der Waals surface area contributed by atoms with Crippen LogP contribution >= 0.6 is 11.8 Å². The quantitative estimate of drug-likeness (QED) is 0.598. The molecule has 1 saturated heterocycles. The van der Waals surface area contributed by atoms with E-state index in [4.69, 9.17) is 0 Å². The maximum Gasteiger partial charge on any atom is 0.00582 e. The molecule has 0 amide bonds. The summed E-state index contributed by atoms with van der Waals surface area (Å²) in [7, 11) is 0. The lowest BCUT2D eigenvalue weighted by Crippen LogP contribution is -2.22. The van der Waals surface area contributed by atoms with Crippen molar-refractivity contribution in [3.63, 3.8) is 0 Å². The fourth-order valence-corrected chi connectivity index (χ4v) is 2.16. The van der Waals surface area contributed by atoms with Crippen LogP contribution in [0, 0.1) is 5.92 Å². The van der Waals surface area contributed by atoms with Crippen LogP contribution in [0.15, 0.2) is 0 Å². The monoisotopic (exact) mass is 145 g/mol. The minimum atomic E-state index is 0.928. The van der Waals surface area contributed by atoms with Crippen molar-refractivity contribution in [2.45, 2.75) is 13.3 Å². The van der Waals surface area contributed by atoms with Crippen LogP contribution < -0.4 is 5.32 Å². The van der Waals surface area contributed by atoms with Crippen molar-refractivity contribution in [2.24, 2.45) is 5.92 Å². The molecule has 9 heavy (non-hydrogen) atoms. The van der Waals surface area contributed by atoms with E-state index in [2.05, 4.69) is 24.0 Å².